The summed E-state index contributed by atoms with van der Waals surface area (Å²) in [4.78, 5) is 0. The average molecular weight is 737 g/mol. The van der Waals surface area contributed by atoms with Crippen LogP contribution in [0.5, 0.6) is 5.75 Å². The Hall–Kier alpha value is -2.65. The number of halogens is 3. The third-order valence-electron chi connectivity index (χ3n) is 5.67. The third-order valence-corrected chi connectivity index (χ3v) is 8.73. The van der Waals surface area contributed by atoms with Gasteiger partial charge in [-0.2, -0.15) is 0 Å². The van der Waals surface area contributed by atoms with Crippen LogP contribution in [0.25, 0.3) is 32.7 Å². The van der Waals surface area contributed by atoms with E-state index in [1.54, 1.807) is 0 Å². The van der Waals surface area contributed by atoms with Gasteiger partial charge in [-0.25, -0.2) is 0 Å². The fourth-order valence-electron chi connectivity index (χ4n) is 3.79. The average Bonchev–Trinajstić information content (AvgIpc) is 2.95. The molecule has 0 aliphatic rings. The summed E-state index contributed by atoms with van der Waals surface area (Å²) in [6, 6.07) is 45.1. The van der Waals surface area contributed by atoms with Gasteiger partial charge in [0, 0.05) is 12.5 Å². The van der Waals surface area contributed by atoms with E-state index in [4.69, 9.17) is 9.68 Å². The van der Waals surface area contributed by atoms with Crippen molar-refractivity contribution < 1.29 is 9.68 Å². The Balaban J connectivity index is 0.000000142. The fraction of sp³-hybridized carbons (Fsp3) is 0. The maximum absolute atomic E-state index is 8.44. The fourth-order valence-corrected chi connectivity index (χ4v) is 4.98. The van der Waals surface area contributed by atoms with Crippen LogP contribution in [0.4, 0.5) is 0 Å². The SMILES string of the molecule is Brc1ccccc1-c1ccc2ccccc2c1.Brc1ccccc1I.O[B]Oc1ccc2ccccc2c1. The molecule has 0 unspecified atom stereocenters. The zero-order valence-electron chi connectivity index (χ0n) is 20.3. The zero-order valence-corrected chi connectivity index (χ0v) is 25.6. The van der Waals surface area contributed by atoms with Gasteiger partial charge in [-0.15, -0.1) is 0 Å². The van der Waals surface area contributed by atoms with E-state index < -0.39 is 0 Å². The summed E-state index contributed by atoms with van der Waals surface area (Å²) in [5.41, 5.74) is 2.48. The molecule has 0 aromatic heterocycles. The maximum atomic E-state index is 8.44. The van der Waals surface area contributed by atoms with Crippen molar-refractivity contribution in [3.8, 4) is 16.9 Å². The molecular formula is C32H23BBr2IO2. The summed E-state index contributed by atoms with van der Waals surface area (Å²) in [5.74, 6) is 0.640. The molecular weight excluding hydrogens is 714 g/mol. The van der Waals surface area contributed by atoms with Gasteiger partial charge < -0.3 is 9.68 Å². The van der Waals surface area contributed by atoms with Gasteiger partial charge in [0.15, 0.2) is 0 Å². The highest BCUT2D eigenvalue weighted by Crippen LogP contribution is 2.30. The minimum atomic E-state index is 0.640. The molecule has 0 saturated carbocycles. The Kier molecular flexibility index (Phi) is 10.8. The van der Waals surface area contributed by atoms with Crippen molar-refractivity contribution in [3.63, 3.8) is 0 Å². The van der Waals surface area contributed by atoms with Crippen LogP contribution in [-0.2, 0) is 0 Å². The van der Waals surface area contributed by atoms with E-state index in [1.165, 1.54) is 29.9 Å². The molecule has 0 fully saturated rings. The van der Waals surface area contributed by atoms with E-state index in [0.717, 1.165) is 15.2 Å². The topological polar surface area (TPSA) is 29.5 Å². The van der Waals surface area contributed by atoms with Crippen molar-refractivity contribution in [2.45, 2.75) is 0 Å². The van der Waals surface area contributed by atoms with Gasteiger partial charge in [-0.1, -0.05) is 113 Å². The van der Waals surface area contributed by atoms with Crippen molar-refractivity contribution in [1.82, 2.24) is 0 Å². The quantitative estimate of drug-likeness (QED) is 0.145. The Morgan fingerprint density at radius 3 is 1.66 bits per heavy atom. The molecule has 38 heavy (non-hydrogen) atoms. The number of fused-ring (bicyclic) bond motifs is 2. The van der Waals surface area contributed by atoms with Gasteiger partial charge in [0.25, 0.3) is 0 Å². The van der Waals surface area contributed by atoms with Crippen LogP contribution in [0.2, 0.25) is 0 Å². The van der Waals surface area contributed by atoms with E-state index in [-0.39, 0.29) is 0 Å². The zero-order chi connectivity index (χ0) is 26.7. The first-order valence-corrected chi connectivity index (χ1v) is 14.5. The lowest BCUT2D eigenvalue weighted by molar-refractivity contribution is 0.454. The van der Waals surface area contributed by atoms with Crippen molar-refractivity contribution >= 4 is 83.7 Å². The summed E-state index contributed by atoms with van der Waals surface area (Å²) < 4.78 is 8.40. The summed E-state index contributed by atoms with van der Waals surface area (Å²) in [7, 11) is 0.685. The first-order chi connectivity index (χ1) is 18.5. The molecule has 0 amide bonds. The molecule has 1 N–H and O–H groups in total. The van der Waals surface area contributed by atoms with E-state index in [9.17, 15) is 0 Å². The smallest absolute Gasteiger partial charge is 0.537 e. The standard InChI is InChI=1S/C16H11Br.C10H8BO2.C6H4BrI/c17-16-8-4-3-7-15(16)14-10-9-12-5-1-2-6-13(12)11-14;12-11-13-10-6-5-8-3-1-2-4-9(8)7-10;7-5-3-1-2-4-6(5)8/h1-11H;1-7,12H;1-4H. The lowest BCUT2D eigenvalue weighted by Crippen LogP contribution is -1.99. The lowest BCUT2D eigenvalue weighted by Gasteiger charge is -2.06. The Labute approximate surface area is 254 Å². The van der Waals surface area contributed by atoms with Crippen LogP contribution in [0, 0.1) is 3.57 Å². The normalized spacial score (nSPS) is 10.1. The van der Waals surface area contributed by atoms with Gasteiger partial charge >= 0.3 is 7.69 Å². The van der Waals surface area contributed by atoms with Gasteiger partial charge in [0.2, 0.25) is 0 Å². The van der Waals surface area contributed by atoms with Gasteiger partial charge in [-0.05, 0) is 108 Å². The molecule has 1 radical (unpaired) electrons. The molecule has 6 rings (SSSR count). The second-order valence-corrected chi connectivity index (χ2v) is 11.1. The lowest BCUT2D eigenvalue weighted by atomic mass is 10.0. The van der Waals surface area contributed by atoms with E-state index >= 15 is 0 Å². The first-order valence-electron chi connectivity index (χ1n) is 11.8. The van der Waals surface area contributed by atoms with Crippen LogP contribution in [0.15, 0.2) is 142 Å². The summed E-state index contributed by atoms with van der Waals surface area (Å²) >= 11 is 9.26. The van der Waals surface area contributed by atoms with Gasteiger partial charge in [-0.3, -0.25) is 0 Å². The van der Waals surface area contributed by atoms with E-state index in [1.807, 2.05) is 66.7 Å². The summed E-state index contributed by atoms with van der Waals surface area (Å²) in [6.45, 7) is 0. The highest BCUT2D eigenvalue weighted by Gasteiger charge is 2.02. The summed E-state index contributed by atoms with van der Waals surface area (Å²) in [5, 5.41) is 13.3. The minimum Gasteiger partial charge on any atom is -0.537 e. The van der Waals surface area contributed by atoms with Crippen molar-refractivity contribution in [2.75, 3.05) is 0 Å². The van der Waals surface area contributed by atoms with Crippen LogP contribution in [-0.4, -0.2) is 12.7 Å². The number of benzene rings is 6. The van der Waals surface area contributed by atoms with E-state index in [0.29, 0.717) is 13.4 Å². The maximum Gasteiger partial charge on any atom is 0.569 e. The van der Waals surface area contributed by atoms with Crippen molar-refractivity contribution in [1.29, 1.82) is 0 Å². The molecule has 0 aliphatic heterocycles. The highest BCUT2D eigenvalue weighted by atomic mass is 127. The predicted molar refractivity (Wildman–Crippen MR) is 176 cm³/mol. The van der Waals surface area contributed by atoms with Gasteiger partial charge in [0.1, 0.15) is 5.75 Å². The second kappa shape index (κ2) is 14.5. The number of hydrogen-bond acceptors (Lipinski definition) is 2. The molecule has 0 spiro atoms. The van der Waals surface area contributed by atoms with Crippen LogP contribution >= 0.6 is 54.5 Å². The number of rotatable bonds is 3. The largest absolute Gasteiger partial charge is 0.569 e. The Morgan fingerprint density at radius 1 is 0.553 bits per heavy atom. The number of hydrogen-bond donors (Lipinski definition) is 1. The molecule has 6 heteroatoms. The van der Waals surface area contributed by atoms with E-state index in [2.05, 4.69) is 121 Å². The molecule has 2 nitrogen and oxygen atoms in total. The summed E-state index contributed by atoms with van der Waals surface area (Å²) in [6.07, 6.45) is 0. The molecule has 0 saturated heterocycles. The first kappa shape index (κ1) is 28.4. The minimum absolute atomic E-state index is 0.640. The highest BCUT2D eigenvalue weighted by molar-refractivity contribution is 14.1. The monoisotopic (exact) mass is 735 g/mol. The predicted octanol–water partition coefficient (Wildman–Crippen LogP) is 10.1. The molecule has 0 heterocycles. The second-order valence-electron chi connectivity index (χ2n) is 8.19. The van der Waals surface area contributed by atoms with Gasteiger partial charge in [0.05, 0.1) is 0 Å². The molecule has 6 aromatic carbocycles. The van der Waals surface area contributed by atoms with Crippen molar-refractivity contribution in [2.24, 2.45) is 0 Å². The molecule has 0 atom stereocenters. The Bertz CT molecular complexity index is 1620. The molecule has 0 bridgehead atoms. The molecule has 0 aliphatic carbocycles. The van der Waals surface area contributed by atoms with Crippen molar-refractivity contribution in [3.05, 3.63) is 146 Å². The van der Waals surface area contributed by atoms with Crippen LogP contribution in [0.1, 0.15) is 0 Å². The molecule has 6 aromatic rings. The molecule has 187 valence electrons. The Morgan fingerprint density at radius 2 is 1.08 bits per heavy atom. The van der Waals surface area contributed by atoms with Crippen LogP contribution in [0.3, 0.4) is 0 Å². The third kappa shape index (κ3) is 7.93. The van der Waals surface area contributed by atoms with Crippen LogP contribution < -0.4 is 4.65 Å².